The lowest BCUT2D eigenvalue weighted by Gasteiger charge is -2.09. The van der Waals surface area contributed by atoms with Crippen LogP contribution < -0.4 is 10.6 Å². The number of halogens is 1. The highest BCUT2D eigenvalue weighted by atomic mass is 79.9. The summed E-state index contributed by atoms with van der Waals surface area (Å²) in [5, 5.41) is 6.21. The second-order valence-electron chi connectivity index (χ2n) is 3.80. The van der Waals surface area contributed by atoms with Crippen LogP contribution in [0, 0.1) is 12.3 Å². The Bertz CT molecular complexity index is 639. The Balaban J connectivity index is 2.18. The van der Waals surface area contributed by atoms with Gasteiger partial charge in [-0.2, -0.15) is 4.98 Å². The molecule has 6 heteroatoms. The van der Waals surface area contributed by atoms with Crippen molar-refractivity contribution in [1.82, 2.24) is 9.97 Å². The number of hydrogen-bond donors (Lipinski definition) is 2. The van der Waals surface area contributed by atoms with Crippen molar-refractivity contribution in [2.45, 2.75) is 4.90 Å². The maximum Gasteiger partial charge on any atom is 0.229 e. The van der Waals surface area contributed by atoms with Gasteiger partial charge in [0.15, 0.2) is 0 Å². The van der Waals surface area contributed by atoms with Gasteiger partial charge in [0.1, 0.15) is 5.82 Å². The molecule has 2 N–H and O–H groups in total. The molecule has 0 saturated carbocycles. The van der Waals surface area contributed by atoms with Crippen LogP contribution in [0.1, 0.15) is 0 Å². The molecule has 0 unspecified atom stereocenters. The highest BCUT2D eigenvalue weighted by molar-refractivity contribution is 9.10. The predicted octanol–water partition coefficient (Wildman–Crippen LogP) is 3.75. The number of thioether (sulfide) groups is 1. The SMILES string of the molecule is C#CCNc1nc(Nc2cccc(SC)c2)ncc1Br. The number of nitrogens with one attached hydrogen (secondary N) is 2. The van der Waals surface area contributed by atoms with Crippen LogP contribution in [0.2, 0.25) is 0 Å². The minimum absolute atomic E-state index is 0.414. The molecule has 102 valence electrons. The van der Waals surface area contributed by atoms with Gasteiger partial charge in [0.05, 0.1) is 11.0 Å². The Hall–Kier alpha value is -1.71. The molecule has 0 fully saturated rings. The molecule has 0 radical (unpaired) electrons. The van der Waals surface area contributed by atoms with Gasteiger partial charge in [-0.15, -0.1) is 18.2 Å². The van der Waals surface area contributed by atoms with Crippen LogP contribution in [-0.2, 0) is 0 Å². The summed E-state index contributed by atoms with van der Waals surface area (Å²) < 4.78 is 0.774. The van der Waals surface area contributed by atoms with E-state index in [9.17, 15) is 0 Å². The van der Waals surface area contributed by atoms with E-state index in [1.165, 1.54) is 4.90 Å². The average molecular weight is 349 g/mol. The van der Waals surface area contributed by atoms with Gasteiger partial charge in [0.2, 0.25) is 5.95 Å². The van der Waals surface area contributed by atoms with E-state index in [1.807, 2.05) is 24.5 Å². The molecule has 1 aromatic carbocycles. The maximum absolute atomic E-state index is 5.23. The fourth-order valence-corrected chi connectivity index (χ4v) is 2.31. The quantitative estimate of drug-likeness (QED) is 0.636. The van der Waals surface area contributed by atoms with E-state index in [-0.39, 0.29) is 0 Å². The van der Waals surface area contributed by atoms with E-state index >= 15 is 0 Å². The number of anilines is 3. The lowest BCUT2D eigenvalue weighted by molar-refractivity contribution is 1.13. The molecule has 0 bridgehead atoms. The number of terminal acetylenes is 1. The Labute approximate surface area is 130 Å². The smallest absolute Gasteiger partial charge is 0.229 e. The van der Waals surface area contributed by atoms with Crippen molar-refractivity contribution >= 4 is 45.1 Å². The molecule has 0 aliphatic rings. The lowest BCUT2D eigenvalue weighted by Crippen LogP contribution is -2.05. The third-order valence-electron chi connectivity index (χ3n) is 2.43. The summed E-state index contributed by atoms with van der Waals surface area (Å²) >= 11 is 5.07. The minimum atomic E-state index is 0.414. The lowest BCUT2D eigenvalue weighted by atomic mass is 10.3. The van der Waals surface area contributed by atoms with E-state index in [1.54, 1.807) is 18.0 Å². The van der Waals surface area contributed by atoms with Crippen LogP contribution in [0.25, 0.3) is 0 Å². The zero-order chi connectivity index (χ0) is 14.4. The topological polar surface area (TPSA) is 49.8 Å². The summed E-state index contributed by atoms with van der Waals surface area (Å²) in [6, 6.07) is 8.06. The van der Waals surface area contributed by atoms with Crippen LogP contribution >= 0.6 is 27.7 Å². The summed E-state index contributed by atoms with van der Waals surface area (Å²) in [5.41, 5.74) is 0.946. The molecular formula is C14H13BrN4S. The Morgan fingerprint density at radius 3 is 3.05 bits per heavy atom. The van der Waals surface area contributed by atoms with Gasteiger partial charge >= 0.3 is 0 Å². The number of nitrogens with zero attached hydrogens (tertiary/aromatic N) is 2. The number of hydrogen-bond acceptors (Lipinski definition) is 5. The Morgan fingerprint density at radius 1 is 1.45 bits per heavy atom. The molecule has 0 spiro atoms. The van der Waals surface area contributed by atoms with Crippen molar-refractivity contribution in [3.05, 3.63) is 34.9 Å². The molecule has 0 saturated heterocycles. The summed E-state index contributed by atoms with van der Waals surface area (Å²) in [7, 11) is 0. The van der Waals surface area contributed by atoms with E-state index in [4.69, 9.17) is 6.42 Å². The third kappa shape index (κ3) is 3.89. The van der Waals surface area contributed by atoms with Crippen molar-refractivity contribution < 1.29 is 0 Å². The van der Waals surface area contributed by atoms with Crippen LogP contribution in [0.15, 0.2) is 39.8 Å². The summed E-state index contributed by atoms with van der Waals surface area (Å²) in [5.74, 6) is 3.70. The molecule has 1 aromatic heterocycles. The van der Waals surface area contributed by atoms with E-state index < -0.39 is 0 Å². The van der Waals surface area contributed by atoms with E-state index in [0.717, 1.165) is 10.2 Å². The van der Waals surface area contributed by atoms with Gasteiger partial charge in [-0.25, -0.2) is 4.98 Å². The van der Waals surface area contributed by atoms with Crippen molar-refractivity contribution in [2.24, 2.45) is 0 Å². The van der Waals surface area contributed by atoms with Crippen LogP contribution in [0.4, 0.5) is 17.5 Å². The Kier molecular flexibility index (Phi) is 5.27. The summed E-state index contributed by atoms with van der Waals surface area (Å²) in [6.07, 6.45) is 8.96. The third-order valence-corrected chi connectivity index (χ3v) is 3.73. The van der Waals surface area contributed by atoms with E-state index in [0.29, 0.717) is 18.3 Å². The van der Waals surface area contributed by atoms with Crippen LogP contribution in [0.5, 0.6) is 0 Å². The highest BCUT2D eigenvalue weighted by Crippen LogP contribution is 2.23. The first-order chi connectivity index (χ1) is 9.72. The van der Waals surface area contributed by atoms with Gasteiger partial charge in [0.25, 0.3) is 0 Å². The molecule has 4 nitrogen and oxygen atoms in total. The standard InChI is InChI=1S/C14H13BrN4S/c1-3-7-16-13-12(15)9-17-14(19-13)18-10-5-4-6-11(8-10)20-2/h1,4-6,8-9H,7H2,2H3,(H2,16,17,18,19). The van der Waals surface area contributed by atoms with Crippen molar-refractivity contribution in [1.29, 1.82) is 0 Å². The number of benzene rings is 1. The van der Waals surface area contributed by atoms with Gasteiger partial charge in [-0.05, 0) is 40.4 Å². The molecule has 20 heavy (non-hydrogen) atoms. The fourth-order valence-electron chi connectivity index (χ4n) is 1.52. The molecule has 1 heterocycles. The van der Waals surface area contributed by atoms with Gasteiger partial charge in [-0.1, -0.05) is 12.0 Å². The first-order valence-corrected chi connectivity index (χ1v) is 7.85. The number of aromatic nitrogens is 2. The first kappa shape index (κ1) is 14.7. The average Bonchev–Trinajstić information content (AvgIpc) is 2.48. The second-order valence-corrected chi connectivity index (χ2v) is 5.54. The van der Waals surface area contributed by atoms with Crippen molar-refractivity contribution in [3.63, 3.8) is 0 Å². The van der Waals surface area contributed by atoms with Gasteiger partial charge < -0.3 is 10.6 Å². The van der Waals surface area contributed by atoms with Crippen LogP contribution in [0.3, 0.4) is 0 Å². The molecule has 0 aliphatic heterocycles. The number of rotatable bonds is 5. The Morgan fingerprint density at radius 2 is 2.30 bits per heavy atom. The largest absolute Gasteiger partial charge is 0.358 e. The predicted molar refractivity (Wildman–Crippen MR) is 88.6 cm³/mol. The molecule has 2 aromatic rings. The van der Waals surface area contributed by atoms with Crippen molar-refractivity contribution in [3.8, 4) is 12.3 Å². The minimum Gasteiger partial charge on any atom is -0.358 e. The highest BCUT2D eigenvalue weighted by Gasteiger charge is 2.05. The van der Waals surface area contributed by atoms with Crippen LogP contribution in [-0.4, -0.2) is 22.8 Å². The fraction of sp³-hybridized carbons (Fsp3) is 0.143. The maximum atomic E-state index is 5.23. The molecule has 2 rings (SSSR count). The monoisotopic (exact) mass is 348 g/mol. The zero-order valence-corrected chi connectivity index (χ0v) is 13.3. The van der Waals surface area contributed by atoms with Crippen molar-refractivity contribution in [2.75, 3.05) is 23.4 Å². The van der Waals surface area contributed by atoms with E-state index in [2.05, 4.69) is 48.5 Å². The molecular weight excluding hydrogens is 336 g/mol. The van der Waals surface area contributed by atoms with Gasteiger partial charge in [-0.3, -0.25) is 0 Å². The normalized spacial score (nSPS) is 9.85. The first-order valence-electron chi connectivity index (χ1n) is 5.84. The van der Waals surface area contributed by atoms with Gasteiger partial charge in [0, 0.05) is 16.8 Å². The molecule has 0 aliphatic carbocycles. The zero-order valence-electron chi connectivity index (χ0n) is 10.9. The molecule has 0 amide bonds. The second kappa shape index (κ2) is 7.17. The molecule has 0 atom stereocenters. The summed E-state index contributed by atoms with van der Waals surface area (Å²) in [4.78, 5) is 9.79. The summed E-state index contributed by atoms with van der Waals surface area (Å²) in [6.45, 7) is 0.414.